The number of nitrogens with two attached hydrogens (primary N) is 2. The average Bonchev–Trinajstić information content (AvgIpc) is 3.40. The number of hydrogen-bond donors (Lipinski definition) is 2. The van der Waals surface area contributed by atoms with E-state index in [4.69, 9.17) is 11.5 Å². The topological polar surface area (TPSA) is 98.1 Å². The number of amides is 2. The molecule has 0 spiro atoms. The highest BCUT2D eigenvalue weighted by Gasteiger charge is 2.32. The molecule has 0 aliphatic heterocycles. The van der Waals surface area contributed by atoms with E-state index in [-0.39, 0.29) is 5.69 Å². The van der Waals surface area contributed by atoms with Gasteiger partial charge in [0.15, 0.2) is 0 Å². The van der Waals surface area contributed by atoms with Crippen molar-refractivity contribution in [1.82, 2.24) is 9.97 Å². The number of alkyl halides is 3. The van der Waals surface area contributed by atoms with Crippen LogP contribution in [0, 0.1) is 5.82 Å². The number of benzene rings is 3. The van der Waals surface area contributed by atoms with E-state index in [1.54, 1.807) is 30.7 Å². The first kappa shape index (κ1) is 26.2. The number of urea groups is 1. The molecule has 6 rings (SSSR count). The first-order valence-electron chi connectivity index (χ1n) is 12.2. The molecule has 0 unspecified atom stereocenters. The number of halogens is 4. The SMILES string of the molecule is NC(=O)N(c1ccc(-c2csc3c(-c4cncc5ccccc45)cnc(N)c23)cc1)c1cc(C(F)(F)F)ccc1F. The molecule has 0 atom stereocenters. The summed E-state index contributed by atoms with van der Waals surface area (Å²) in [4.78, 5) is 21.8. The first-order valence-corrected chi connectivity index (χ1v) is 13.1. The summed E-state index contributed by atoms with van der Waals surface area (Å²) in [5.74, 6) is -0.707. The van der Waals surface area contributed by atoms with E-state index in [9.17, 15) is 22.4 Å². The summed E-state index contributed by atoms with van der Waals surface area (Å²) < 4.78 is 55.3. The number of hydrogen-bond acceptors (Lipinski definition) is 5. The molecule has 0 saturated carbocycles. The molecule has 6 aromatic rings. The van der Waals surface area contributed by atoms with Crippen molar-refractivity contribution < 1.29 is 22.4 Å². The zero-order valence-corrected chi connectivity index (χ0v) is 21.8. The van der Waals surface area contributed by atoms with Gasteiger partial charge in [0.1, 0.15) is 11.6 Å². The Morgan fingerprint density at radius 2 is 1.66 bits per heavy atom. The lowest BCUT2D eigenvalue weighted by Gasteiger charge is -2.22. The summed E-state index contributed by atoms with van der Waals surface area (Å²) in [6.45, 7) is 0. The molecule has 0 saturated heterocycles. The minimum atomic E-state index is -4.73. The first-order chi connectivity index (χ1) is 19.6. The minimum absolute atomic E-state index is 0.0904. The van der Waals surface area contributed by atoms with Gasteiger partial charge in [0.05, 0.1) is 16.9 Å². The number of nitrogens with zero attached hydrogens (tertiary/aromatic N) is 3. The summed E-state index contributed by atoms with van der Waals surface area (Å²) in [7, 11) is 0. The van der Waals surface area contributed by atoms with E-state index >= 15 is 0 Å². The van der Waals surface area contributed by atoms with Crippen LogP contribution in [0.2, 0.25) is 0 Å². The molecular formula is C30H19F4N5OS. The Bertz CT molecular complexity index is 1950. The van der Waals surface area contributed by atoms with E-state index < -0.39 is 29.3 Å². The Balaban J connectivity index is 1.43. The van der Waals surface area contributed by atoms with Crippen LogP contribution < -0.4 is 16.4 Å². The standard InChI is InChI=1S/C30H19F4N5OS/c31-24-10-7-18(30(32,33)34)11-25(24)39(29(36)40)19-8-5-16(6-9-19)23-15-41-27-22(14-38-28(35)26(23)27)21-13-37-12-17-3-1-2-4-20(17)21/h1-15H,(H2,35,38)(H2,36,40). The highest BCUT2D eigenvalue weighted by atomic mass is 32.1. The van der Waals surface area contributed by atoms with Crippen LogP contribution in [-0.2, 0) is 6.18 Å². The van der Waals surface area contributed by atoms with Gasteiger partial charge in [-0.25, -0.2) is 14.2 Å². The summed E-state index contributed by atoms with van der Waals surface area (Å²) in [6, 6.07) is 14.8. The number of carbonyl (C=O) groups excluding carboxylic acids is 1. The second-order valence-corrected chi connectivity index (χ2v) is 10.1. The van der Waals surface area contributed by atoms with Crippen LogP contribution in [-0.4, -0.2) is 16.0 Å². The van der Waals surface area contributed by atoms with Gasteiger partial charge >= 0.3 is 12.2 Å². The van der Waals surface area contributed by atoms with Crippen LogP contribution in [0.5, 0.6) is 0 Å². The van der Waals surface area contributed by atoms with Crippen molar-refractivity contribution in [2.75, 3.05) is 10.6 Å². The summed E-state index contributed by atoms with van der Waals surface area (Å²) in [6.07, 6.45) is 0.570. The smallest absolute Gasteiger partial charge is 0.383 e. The second kappa shape index (κ2) is 9.86. The van der Waals surface area contributed by atoms with Crippen molar-refractivity contribution >= 4 is 55.4 Å². The van der Waals surface area contributed by atoms with Gasteiger partial charge < -0.3 is 11.5 Å². The molecule has 3 heterocycles. The van der Waals surface area contributed by atoms with Crippen LogP contribution in [0.3, 0.4) is 0 Å². The molecule has 2 amide bonds. The molecule has 3 aromatic heterocycles. The predicted molar refractivity (Wildman–Crippen MR) is 153 cm³/mol. The van der Waals surface area contributed by atoms with Crippen LogP contribution >= 0.6 is 11.3 Å². The molecule has 0 aliphatic carbocycles. The Labute approximate surface area is 234 Å². The van der Waals surface area contributed by atoms with Crippen LogP contribution in [0.1, 0.15) is 5.56 Å². The van der Waals surface area contributed by atoms with Gasteiger partial charge in [0.2, 0.25) is 0 Å². The monoisotopic (exact) mass is 573 g/mol. The fourth-order valence-electron chi connectivity index (χ4n) is 4.84. The maximum Gasteiger partial charge on any atom is 0.416 e. The highest BCUT2D eigenvalue weighted by molar-refractivity contribution is 7.18. The molecule has 0 radical (unpaired) electrons. The van der Waals surface area contributed by atoms with Crippen molar-refractivity contribution in [3.63, 3.8) is 0 Å². The number of rotatable bonds is 4. The zero-order chi connectivity index (χ0) is 28.9. The van der Waals surface area contributed by atoms with Crippen molar-refractivity contribution in [2.24, 2.45) is 5.73 Å². The van der Waals surface area contributed by atoms with E-state index in [1.165, 1.54) is 23.5 Å². The Morgan fingerprint density at radius 1 is 0.902 bits per heavy atom. The van der Waals surface area contributed by atoms with Crippen molar-refractivity contribution in [3.05, 3.63) is 102 Å². The van der Waals surface area contributed by atoms with E-state index in [2.05, 4.69) is 9.97 Å². The molecule has 41 heavy (non-hydrogen) atoms. The third-order valence-electron chi connectivity index (χ3n) is 6.75. The molecule has 6 nitrogen and oxygen atoms in total. The molecule has 0 aliphatic rings. The van der Waals surface area contributed by atoms with Gasteiger partial charge in [-0.1, -0.05) is 36.4 Å². The van der Waals surface area contributed by atoms with Gasteiger partial charge in [0, 0.05) is 50.8 Å². The summed E-state index contributed by atoms with van der Waals surface area (Å²) >= 11 is 1.48. The van der Waals surface area contributed by atoms with Crippen LogP contribution in [0.4, 0.5) is 39.5 Å². The van der Waals surface area contributed by atoms with Crippen LogP contribution in [0.25, 0.3) is 43.1 Å². The largest absolute Gasteiger partial charge is 0.416 e. The number of pyridine rings is 2. The zero-order valence-electron chi connectivity index (χ0n) is 21.0. The lowest BCUT2D eigenvalue weighted by Crippen LogP contribution is -2.32. The van der Waals surface area contributed by atoms with Crippen LogP contribution in [0.15, 0.2) is 90.7 Å². The second-order valence-electron chi connectivity index (χ2n) is 9.20. The van der Waals surface area contributed by atoms with Gasteiger partial charge in [-0.05, 0) is 46.7 Å². The molecule has 0 fully saturated rings. The Hall–Kier alpha value is -5.03. The number of fused-ring (bicyclic) bond motifs is 2. The fourth-order valence-corrected chi connectivity index (χ4v) is 5.95. The van der Waals surface area contributed by atoms with Gasteiger partial charge in [-0.15, -0.1) is 11.3 Å². The van der Waals surface area contributed by atoms with Gasteiger partial charge in [-0.3, -0.25) is 9.88 Å². The number of anilines is 3. The van der Waals surface area contributed by atoms with E-state index in [0.29, 0.717) is 34.5 Å². The van der Waals surface area contributed by atoms with Crippen molar-refractivity contribution in [1.29, 1.82) is 0 Å². The predicted octanol–water partition coefficient (Wildman–Crippen LogP) is 8.14. The molecule has 204 valence electrons. The number of primary amides is 1. The molecule has 4 N–H and O–H groups in total. The normalized spacial score (nSPS) is 11.7. The Morgan fingerprint density at radius 3 is 2.39 bits per heavy atom. The maximum atomic E-state index is 14.6. The van der Waals surface area contributed by atoms with E-state index in [1.807, 2.05) is 29.6 Å². The third-order valence-corrected chi connectivity index (χ3v) is 7.77. The van der Waals surface area contributed by atoms with Gasteiger partial charge in [-0.2, -0.15) is 13.2 Å². The number of nitrogen functional groups attached to an aromatic ring is 1. The number of aromatic nitrogens is 2. The quantitative estimate of drug-likeness (QED) is 0.208. The van der Waals surface area contributed by atoms with Crippen molar-refractivity contribution in [3.8, 4) is 22.3 Å². The highest BCUT2D eigenvalue weighted by Crippen LogP contribution is 2.43. The molecule has 11 heteroatoms. The minimum Gasteiger partial charge on any atom is -0.383 e. The van der Waals surface area contributed by atoms with E-state index in [0.717, 1.165) is 37.5 Å². The van der Waals surface area contributed by atoms with Gasteiger partial charge in [0.25, 0.3) is 0 Å². The molecular weight excluding hydrogens is 554 g/mol. The average molecular weight is 574 g/mol. The molecule has 3 aromatic carbocycles. The Kier molecular flexibility index (Phi) is 6.30. The lowest BCUT2D eigenvalue weighted by molar-refractivity contribution is -0.137. The lowest BCUT2D eigenvalue weighted by atomic mass is 9.99. The third kappa shape index (κ3) is 4.59. The fraction of sp³-hybridized carbons (Fsp3) is 0.0333. The summed E-state index contributed by atoms with van der Waals surface area (Å²) in [5, 5.41) is 4.66. The number of carbonyl (C=O) groups is 1. The molecule has 0 bridgehead atoms. The maximum absolute atomic E-state index is 14.6. The summed E-state index contributed by atoms with van der Waals surface area (Å²) in [5.41, 5.74) is 13.4. The van der Waals surface area contributed by atoms with Crippen molar-refractivity contribution in [2.45, 2.75) is 6.18 Å². The number of thiophene rings is 1.